The fraction of sp³-hybridized carbons (Fsp3) is 0.385. The number of hydrogen-bond donors (Lipinski definition) is 1. The molecule has 0 unspecified atom stereocenters. The molecule has 1 N–H and O–H groups in total. The highest BCUT2D eigenvalue weighted by molar-refractivity contribution is 7.80. The summed E-state index contributed by atoms with van der Waals surface area (Å²) in [5.41, 5.74) is 2.96. The lowest BCUT2D eigenvalue weighted by Gasteiger charge is -2.29. The van der Waals surface area contributed by atoms with Crippen molar-refractivity contribution in [3.63, 3.8) is 0 Å². The molecule has 34 heavy (non-hydrogen) atoms. The van der Waals surface area contributed by atoms with Gasteiger partial charge in [0, 0.05) is 43.0 Å². The number of halogens is 1. The zero-order chi connectivity index (χ0) is 23.5. The molecular formula is C26H29ClN4O2S. The second-order valence-electron chi connectivity index (χ2n) is 8.74. The largest absolute Gasteiger partial charge is 0.459 e. The van der Waals surface area contributed by atoms with E-state index in [1.807, 2.05) is 55.6 Å². The first-order chi connectivity index (χ1) is 16.6. The molecule has 0 radical (unpaired) electrons. The molecule has 2 saturated heterocycles. The van der Waals surface area contributed by atoms with Crippen molar-refractivity contribution >= 4 is 28.9 Å². The van der Waals surface area contributed by atoms with Crippen LogP contribution in [0.1, 0.15) is 35.5 Å². The second kappa shape index (κ2) is 10.4. The number of rotatable bonds is 7. The normalized spacial score (nSPS) is 21.1. The van der Waals surface area contributed by atoms with Crippen molar-refractivity contribution in [3.8, 4) is 11.3 Å². The van der Waals surface area contributed by atoms with Crippen LogP contribution in [-0.2, 0) is 4.74 Å². The molecule has 178 valence electrons. The van der Waals surface area contributed by atoms with Crippen molar-refractivity contribution in [2.45, 2.75) is 25.4 Å². The van der Waals surface area contributed by atoms with Gasteiger partial charge in [-0.3, -0.25) is 9.88 Å². The van der Waals surface area contributed by atoms with Gasteiger partial charge in [-0.1, -0.05) is 29.8 Å². The molecule has 8 heteroatoms. The molecule has 2 aliphatic heterocycles. The smallest absolute Gasteiger partial charge is 0.170 e. The van der Waals surface area contributed by atoms with Gasteiger partial charge in [-0.05, 0) is 61.5 Å². The summed E-state index contributed by atoms with van der Waals surface area (Å²) in [5, 5.41) is 4.97. The van der Waals surface area contributed by atoms with Crippen LogP contribution in [0.2, 0.25) is 5.02 Å². The van der Waals surface area contributed by atoms with E-state index in [0.717, 1.165) is 84.3 Å². The van der Waals surface area contributed by atoms with Crippen molar-refractivity contribution in [2.75, 3.05) is 39.4 Å². The van der Waals surface area contributed by atoms with Crippen molar-refractivity contribution < 1.29 is 9.15 Å². The first-order valence-electron chi connectivity index (χ1n) is 11.7. The number of morpholine rings is 1. The van der Waals surface area contributed by atoms with Gasteiger partial charge in [-0.15, -0.1) is 0 Å². The topological polar surface area (TPSA) is 53.8 Å². The average Bonchev–Trinajstić information content (AvgIpc) is 3.47. The molecule has 0 spiro atoms. The molecule has 5 rings (SSSR count). The van der Waals surface area contributed by atoms with Crippen molar-refractivity contribution in [1.82, 2.24) is 20.1 Å². The molecule has 4 heterocycles. The Bertz CT molecular complexity index is 1130. The molecule has 0 aliphatic carbocycles. The van der Waals surface area contributed by atoms with E-state index in [2.05, 4.69) is 26.2 Å². The number of aromatic nitrogens is 1. The van der Waals surface area contributed by atoms with Gasteiger partial charge in [0.1, 0.15) is 17.6 Å². The Morgan fingerprint density at radius 3 is 2.74 bits per heavy atom. The molecule has 0 bridgehead atoms. The first-order valence-corrected chi connectivity index (χ1v) is 12.5. The molecule has 2 fully saturated rings. The quantitative estimate of drug-likeness (QED) is 0.462. The minimum atomic E-state index is -0.0865. The minimum Gasteiger partial charge on any atom is -0.459 e. The van der Waals surface area contributed by atoms with Gasteiger partial charge >= 0.3 is 0 Å². The van der Waals surface area contributed by atoms with Crippen molar-refractivity contribution in [1.29, 1.82) is 0 Å². The molecule has 2 aliphatic rings. The van der Waals surface area contributed by atoms with E-state index in [1.54, 1.807) is 0 Å². The lowest BCUT2D eigenvalue weighted by Crippen LogP contribution is -2.38. The fourth-order valence-electron chi connectivity index (χ4n) is 4.78. The Labute approximate surface area is 210 Å². The maximum atomic E-state index is 6.46. The highest BCUT2D eigenvalue weighted by atomic mass is 35.5. The van der Waals surface area contributed by atoms with E-state index in [9.17, 15) is 0 Å². The van der Waals surface area contributed by atoms with Gasteiger partial charge < -0.3 is 19.4 Å². The maximum absolute atomic E-state index is 6.46. The highest BCUT2D eigenvalue weighted by Crippen LogP contribution is 2.41. The van der Waals surface area contributed by atoms with Gasteiger partial charge in [-0.2, -0.15) is 0 Å². The average molecular weight is 497 g/mol. The molecule has 2 atom stereocenters. The number of furan rings is 1. The Morgan fingerprint density at radius 2 is 1.94 bits per heavy atom. The molecule has 0 saturated carbocycles. The van der Waals surface area contributed by atoms with Crippen LogP contribution in [0.25, 0.3) is 11.3 Å². The third kappa shape index (κ3) is 4.84. The third-order valence-corrected chi connectivity index (χ3v) is 7.39. The van der Waals surface area contributed by atoms with Gasteiger partial charge in [0.25, 0.3) is 0 Å². The zero-order valence-electron chi connectivity index (χ0n) is 19.2. The monoisotopic (exact) mass is 496 g/mol. The lowest BCUT2D eigenvalue weighted by atomic mass is 10.0. The SMILES string of the molecule is Cc1c(Cl)cccc1-c1ccc([C@H]2[C@@H](c3ccccn3)NC(=S)N2CCCN2CCOCC2)o1. The zero-order valence-corrected chi connectivity index (χ0v) is 20.8. The summed E-state index contributed by atoms with van der Waals surface area (Å²) >= 11 is 12.2. The van der Waals surface area contributed by atoms with Crippen molar-refractivity contribution in [3.05, 3.63) is 76.8 Å². The van der Waals surface area contributed by atoms with Gasteiger partial charge in [0.2, 0.25) is 0 Å². The number of hydrogen-bond acceptors (Lipinski definition) is 5. The summed E-state index contributed by atoms with van der Waals surface area (Å²) in [6.07, 6.45) is 2.83. The number of nitrogens with zero attached hydrogens (tertiary/aromatic N) is 3. The van der Waals surface area contributed by atoms with E-state index in [0.29, 0.717) is 0 Å². The van der Waals surface area contributed by atoms with Crippen LogP contribution in [0.3, 0.4) is 0 Å². The van der Waals surface area contributed by atoms with E-state index in [1.165, 1.54) is 0 Å². The van der Waals surface area contributed by atoms with Crippen LogP contribution in [0.4, 0.5) is 0 Å². The van der Waals surface area contributed by atoms with E-state index in [4.69, 9.17) is 33.0 Å². The summed E-state index contributed by atoms with van der Waals surface area (Å²) in [5.74, 6) is 1.67. The maximum Gasteiger partial charge on any atom is 0.170 e. The second-order valence-corrected chi connectivity index (χ2v) is 9.54. The molecule has 2 aromatic heterocycles. The highest BCUT2D eigenvalue weighted by Gasteiger charge is 2.41. The number of thiocarbonyl (C=S) groups is 1. The summed E-state index contributed by atoms with van der Waals surface area (Å²) in [6, 6.07) is 15.8. The first kappa shape index (κ1) is 23.3. The predicted octanol–water partition coefficient (Wildman–Crippen LogP) is 5.00. The van der Waals surface area contributed by atoms with Crippen LogP contribution in [0.5, 0.6) is 0 Å². The van der Waals surface area contributed by atoms with Crippen LogP contribution >= 0.6 is 23.8 Å². The summed E-state index contributed by atoms with van der Waals surface area (Å²) in [7, 11) is 0. The Hall–Kier alpha value is -2.45. The van der Waals surface area contributed by atoms with Crippen LogP contribution in [0, 0.1) is 6.92 Å². The van der Waals surface area contributed by atoms with Crippen LogP contribution < -0.4 is 5.32 Å². The molecular weight excluding hydrogens is 468 g/mol. The molecule has 1 aromatic carbocycles. The van der Waals surface area contributed by atoms with Gasteiger partial charge in [-0.25, -0.2) is 0 Å². The molecule has 6 nitrogen and oxygen atoms in total. The van der Waals surface area contributed by atoms with Crippen molar-refractivity contribution in [2.24, 2.45) is 0 Å². The van der Waals surface area contributed by atoms with E-state index >= 15 is 0 Å². The third-order valence-electron chi connectivity index (χ3n) is 6.63. The van der Waals surface area contributed by atoms with Gasteiger partial charge in [0.15, 0.2) is 5.11 Å². The Morgan fingerprint density at radius 1 is 1.09 bits per heavy atom. The van der Waals surface area contributed by atoms with E-state index < -0.39 is 0 Å². The number of pyridine rings is 1. The standard InChI is InChI=1S/C26H29ClN4O2S/c1-18-19(6-4-7-20(18)27)22-9-10-23(33-22)25-24(21-8-2-3-11-28-21)29-26(34)31(25)13-5-12-30-14-16-32-17-15-30/h2-4,6-11,24-25H,5,12-17H2,1H3,(H,29,34)/t24-,25+/m1/s1. The predicted molar refractivity (Wildman–Crippen MR) is 138 cm³/mol. The van der Waals surface area contributed by atoms with Crippen LogP contribution in [-0.4, -0.2) is 59.3 Å². The number of nitrogens with one attached hydrogen (secondary N) is 1. The van der Waals surface area contributed by atoms with Gasteiger partial charge in [0.05, 0.1) is 24.9 Å². The number of benzene rings is 1. The molecule has 3 aromatic rings. The summed E-state index contributed by atoms with van der Waals surface area (Å²) in [6.45, 7) is 7.48. The lowest BCUT2D eigenvalue weighted by molar-refractivity contribution is 0.0365. The Balaban J connectivity index is 1.41. The number of ether oxygens (including phenoxy) is 1. The summed E-state index contributed by atoms with van der Waals surface area (Å²) < 4.78 is 11.9. The fourth-order valence-corrected chi connectivity index (χ4v) is 5.28. The van der Waals surface area contributed by atoms with Crippen LogP contribution in [0.15, 0.2) is 59.1 Å². The summed E-state index contributed by atoms with van der Waals surface area (Å²) in [4.78, 5) is 9.32. The Kier molecular flexibility index (Phi) is 7.15. The minimum absolute atomic E-state index is 0.0830. The molecule has 0 amide bonds. The van der Waals surface area contributed by atoms with E-state index in [-0.39, 0.29) is 12.1 Å².